The lowest BCUT2D eigenvalue weighted by molar-refractivity contribution is 0.0535. The second-order valence-corrected chi connectivity index (χ2v) is 9.72. The zero-order valence-electron chi connectivity index (χ0n) is 19.0. The molecule has 2 heterocycles. The molecule has 2 aromatic rings. The van der Waals surface area contributed by atoms with Gasteiger partial charge in [-0.05, 0) is 61.4 Å². The molecule has 5 nitrogen and oxygen atoms in total. The fraction of sp³-hybridized carbons (Fsp3) is 0.462. The van der Waals surface area contributed by atoms with E-state index < -0.39 is 11.6 Å². The fourth-order valence-electron chi connectivity index (χ4n) is 4.87. The third kappa shape index (κ3) is 5.87. The molecule has 0 radical (unpaired) electrons. The Hall–Kier alpha value is -2.67. The molecule has 4 rings (SSSR count). The van der Waals surface area contributed by atoms with Crippen molar-refractivity contribution in [1.29, 1.82) is 0 Å². The van der Waals surface area contributed by atoms with Crippen LogP contribution in [0.1, 0.15) is 65.7 Å². The van der Waals surface area contributed by atoms with Gasteiger partial charge in [0.1, 0.15) is 17.4 Å². The fourth-order valence-corrected chi connectivity index (χ4v) is 5.04. The lowest BCUT2D eigenvalue weighted by Gasteiger charge is -2.42. The van der Waals surface area contributed by atoms with Crippen LogP contribution in [0, 0.1) is 17.0 Å². The van der Waals surface area contributed by atoms with E-state index >= 15 is 0 Å². The molecule has 2 aromatic carbocycles. The molecular formula is C26H29ClF2N2O3. The standard InChI is InChI=1S/C26H29ClF2N2O3/c27-19-5-6-23-22(15-19)24(32)30-17-26(7-3-1-2-4-12-34-23)8-10-31(11-9-26)25(33)18-13-20(28)16-21(29)14-18/h5-6,13-16H,1-4,7-12,17H2,(H,30,32). The van der Waals surface area contributed by atoms with E-state index in [1.165, 1.54) is 0 Å². The van der Waals surface area contributed by atoms with Crippen molar-refractivity contribution in [2.45, 2.75) is 44.9 Å². The average Bonchev–Trinajstić information content (AvgIpc) is 2.83. The maximum absolute atomic E-state index is 13.6. The molecule has 1 saturated heterocycles. The predicted molar refractivity (Wildman–Crippen MR) is 126 cm³/mol. The number of hydrogen-bond acceptors (Lipinski definition) is 3. The lowest BCUT2D eigenvalue weighted by atomic mass is 9.74. The van der Waals surface area contributed by atoms with Crippen molar-refractivity contribution in [2.75, 3.05) is 26.2 Å². The molecule has 1 fully saturated rings. The number of nitrogens with one attached hydrogen (secondary N) is 1. The van der Waals surface area contributed by atoms with Crippen LogP contribution in [0.3, 0.4) is 0 Å². The van der Waals surface area contributed by atoms with Crippen LogP contribution in [0.4, 0.5) is 8.78 Å². The summed E-state index contributed by atoms with van der Waals surface area (Å²) in [6.45, 7) is 1.97. The van der Waals surface area contributed by atoms with Crippen LogP contribution in [0.25, 0.3) is 0 Å². The quantitative estimate of drug-likeness (QED) is 0.565. The van der Waals surface area contributed by atoms with Crippen molar-refractivity contribution in [3.63, 3.8) is 0 Å². The van der Waals surface area contributed by atoms with E-state index in [1.54, 1.807) is 23.1 Å². The minimum atomic E-state index is -0.765. The third-order valence-electron chi connectivity index (χ3n) is 6.89. The molecule has 182 valence electrons. The summed E-state index contributed by atoms with van der Waals surface area (Å²) in [5.74, 6) is -1.61. The van der Waals surface area contributed by atoms with E-state index in [0.29, 0.717) is 55.4 Å². The van der Waals surface area contributed by atoms with Crippen molar-refractivity contribution < 1.29 is 23.1 Å². The molecule has 34 heavy (non-hydrogen) atoms. The summed E-state index contributed by atoms with van der Waals surface area (Å²) in [6, 6.07) is 7.96. The van der Waals surface area contributed by atoms with E-state index in [1.807, 2.05) is 0 Å². The van der Waals surface area contributed by atoms with Crippen LogP contribution < -0.4 is 10.1 Å². The van der Waals surface area contributed by atoms with Gasteiger partial charge in [-0.2, -0.15) is 0 Å². The molecule has 0 unspecified atom stereocenters. The second kappa shape index (κ2) is 10.7. The summed E-state index contributed by atoms with van der Waals surface area (Å²) in [7, 11) is 0. The van der Waals surface area contributed by atoms with Crippen LogP contribution in [-0.4, -0.2) is 43.0 Å². The first-order chi connectivity index (χ1) is 16.3. The van der Waals surface area contributed by atoms with Crippen molar-refractivity contribution in [2.24, 2.45) is 5.41 Å². The Morgan fingerprint density at radius 3 is 2.41 bits per heavy atom. The van der Waals surface area contributed by atoms with Crippen LogP contribution in [-0.2, 0) is 0 Å². The zero-order valence-corrected chi connectivity index (χ0v) is 19.8. The maximum Gasteiger partial charge on any atom is 0.255 e. The minimum Gasteiger partial charge on any atom is -0.493 e. The summed E-state index contributed by atoms with van der Waals surface area (Å²) in [6.07, 6.45) is 6.38. The SMILES string of the molecule is O=C1NCC2(CCCCCCOc3ccc(Cl)cc31)CCN(C(=O)c1cc(F)cc(F)c1)CC2. The number of fused-ring (bicyclic) bond motifs is 1. The molecule has 8 heteroatoms. The Balaban J connectivity index is 1.47. The van der Waals surface area contributed by atoms with Crippen molar-refractivity contribution in [3.8, 4) is 5.75 Å². The number of ether oxygens (including phenoxy) is 1. The number of carbonyl (C=O) groups is 2. The first kappa shape index (κ1) is 24.5. The van der Waals surface area contributed by atoms with Crippen LogP contribution in [0.5, 0.6) is 5.75 Å². The van der Waals surface area contributed by atoms with Crippen molar-refractivity contribution in [1.82, 2.24) is 10.2 Å². The third-order valence-corrected chi connectivity index (χ3v) is 7.13. The van der Waals surface area contributed by atoms with E-state index in [-0.39, 0.29) is 22.8 Å². The van der Waals surface area contributed by atoms with Gasteiger partial charge in [0, 0.05) is 36.3 Å². The van der Waals surface area contributed by atoms with Gasteiger partial charge in [-0.3, -0.25) is 9.59 Å². The highest BCUT2D eigenvalue weighted by Crippen LogP contribution is 2.37. The van der Waals surface area contributed by atoms with Gasteiger partial charge < -0.3 is 15.0 Å². The van der Waals surface area contributed by atoms with Crippen molar-refractivity contribution in [3.05, 3.63) is 64.2 Å². The number of piperidine rings is 1. The summed E-state index contributed by atoms with van der Waals surface area (Å²) < 4.78 is 33.0. The lowest BCUT2D eigenvalue weighted by Crippen LogP contribution is -2.48. The summed E-state index contributed by atoms with van der Waals surface area (Å²) >= 11 is 6.13. The van der Waals surface area contributed by atoms with Crippen LogP contribution >= 0.6 is 11.6 Å². The average molecular weight is 491 g/mol. The molecule has 1 N–H and O–H groups in total. The summed E-state index contributed by atoms with van der Waals surface area (Å²) in [5, 5.41) is 3.54. The number of amides is 2. The molecule has 0 aromatic heterocycles. The molecular weight excluding hydrogens is 462 g/mol. The van der Waals surface area contributed by atoms with Gasteiger partial charge in [-0.25, -0.2) is 8.78 Å². The summed E-state index contributed by atoms with van der Waals surface area (Å²) in [5.41, 5.74) is 0.292. The molecule has 0 atom stereocenters. The number of likely N-dealkylation sites (tertiary alicyclic amines) is 1. The Kier molecular flexibility index (Phi) is 7.71. The molecule has 2 amide bonds. The molecule has 0 aliphatic carbocycles. The van der Waals surface area contributed by atoms with Gasteiger partial charge in [0.05, 0.1) is 12.2 Å². The molecule has 1 spiro atoms. The van der Waals surface area contributed by atoms with E-state index in [4.69, 9.17) is 16.3 Å². The summed E-state index contributed by atoms with van der Waals surface area (Å²) in [4.78, 5) is 27.5. The number of rotatable bonds is 1. The van der Waals surface area contributed by atoms with Crippen LogP contribution in [0.2, 0.25) is 5.02 Å². The Labute approximate surface area is 203 Å². The number of halogens is 3. The molecule has 2 aliphatic heterocycles. The number of benzene rings is 2. The van der Waals surface area contributed by atoms with Crippen molar-refractivity contribution >= 4 is 23.4 Å². The van der Waals surface area contributed by atoms with Crippen LogP contribution in [0.15, 0.2) is 36.4 Å². The number of carbonyl (C=O) groups excluding carboxylic acids is 2. The van der Waals surface area contributed by atoms with Gasteiger partial charge in [-0.1, -0.05) is 30.9 Å². The molecule has 0 bridgehead atoms. The number of hydrogen-bond donors (Lipinski definition) is 1. The molecule has 0 saturated carbocycles. The smallest absolute Gasteiger partial charge is 0.255 e. The highest BCUT2D eigenvalue weighted by Gasteiger charge is 2.36. The number of nitrogens with zero attached hydrogens (tertiary/aromatic N) is 1. The normalized spacial score (nSPS) is 19.1. The monoisotopic (exact) mass is 490 g/mol. The highest BCUT2D eigenvalue weighted by atomic mass is 35.5. The highest BCUT2D eigenvalue weighted by molar-refractivity contribution is 6.31. The second-order valence-electron chi connectivity index (χ2n) is 9.29. The van der Waals surface area contributed by atoms with E-state index in [2.05, 4.69) is 5.32 Å². The maximum atomic E-state index is 13.6. The zero-order chi connectivity index (χ0) is 24.1. The first-order valence-electron chi connectivity index (χ1n) is 11.8. The van der Waals surface area contributed by atoms with Gasteiger partial charge in [0.15, 0.2) is 0 Å². The Bertz CT molecular complexity index is 1030. The van der Waals surface area contributed by atoms with Gasteiger partial charge in [0.25, 0.3) is 11.8 Å². The topological polar surface area (TPSA) is 58.6 Å². The first-order valence-corrected chi connectivity index (χ1v) is 12.2. The largest absolute Gasteiger partial charge is 0.493 e. The van der Waals surface area contributed by atoms with E-state index in [0.717, 1.165) is 50.3 Å². The Morgan fingerprint density at radius 2 is 1.68 bits per heavy atom. The predicted octanol–water partition coefficient (Wildman–Crippen LogP) is 5.61. The molecule has 2 aliphatic rings. The van der Waals surface area contributed by atoms with Gasteiger partial charge >= 0.3 is 0 Å². The Morgan fingerprint density at radius 1 is 0.971 bits per heavy atom. The van der Waals surface area contributed by atoms with Gasteiger partial charge in [-0.15, -0.1) is 0 Å². The van der Waals surface area contributed by atoms with Gasteiger partial charge in [0.2, 0.25) is 0 Å². The minimum absolute atomic E-state index is 0.0187. The van der Waals surface area contributed by atoms with E-state index in [9.17, 15) is 18.4 Å².